The van der Waals surface area contributed by atoms with Gasteiger partial charge in [0.15, 0.2) is 5.78 Å². The summed E-state index contributed by atoms with van der Waals surface area (Å²) in [6, 6.07) is 7.67. The van der Waals surface area contributed by atoms with Crippen LogP contribution >= 0.6 is 0 Å². The van der Waals surface area contributed by atoms with Gasteiger partial charge in [-0.25, -0.2) is 4.39 Å². The molecule has 2 rings (SSSR count). The van der Waals surface area contributed by atoms with Gasteiger partial charge in [0, 0.05) is 11.8 Å². The summed E-state index contributed by atoms with van der Waals surface area (Å²) in [5, 5.41) is 0. The first-order valence-corrected chi connectivity index (χ1v) is 6.84. The number of ether oxygens (including phenoxy) is 1. The number of halogens is 1. The predicted molar refractivity (Wildman–Crippen MR) is 79.2 cm³/mol. The molecule has 0 radical (unpaired) electrons. The van der Waals surface area contributed by atoms with Crippen molar-refractivity contribution < 1.29 is 13.9 Å². The average molecular weight is 287 g/mol. The van der Waals surface area contributed by atoms with E-state index >= 15 is 0 Å². The van der Waals surface area contributed by atoms with Crippen molar-refractivity contribution in [3.63, 3.8) is 0 Å². The standard InChI is InChI=1S/C17H18FNO2/c1-4-21-15-9-12(10-19-11-15)16(20)17(2,3)13-5-7-14(18)8-6-13/h5-11H,4H2,1-3H3. The van der Waals surface area contributed by atoms with Gasteiger partial charge in [-0.05, 0) is 44.5 Å². The van der Waals surface area contributed by atoms with Gasteiger partial charge >= 0.3 is 0 Å². The van der Waals surface area contributed by atoms with Crippen LogP contribution in [0.25, 0.3) is 0 Å². The molecule has 4 heteroatoms. The summed E-state index contributed by atoms with van der Waals surface area (Å²) in [7, 11) is 0. The Hall–Kier alpha value is -2.23. The lowest BCUT2D eigenvalue weighted by Gasteiger charge is -2.23. The lowest BCUT2D eigenvalue weighted by molar-refractivity contribution is 0.0908. The van der Waals surface area contributed by atoms with Crippen molar-refractivity contribution >= 4 is 5.78 Å². The fourth-order valence-electron chi connectivity index (χ4n) is 2.15. The van der Waals surface area contributed by atoms with Gasteiger partial charge in [0.05, 0.1) is 18.2 Å². The van der Waals surface area contributed by atoms with Crippen molar-refractivity contribution in [3.05, 3.63) is 59.7 Å². The third kappa shape index (κ3) is 3.27. The van der Waals surface area contributed by atoms with E-state index in [2.05, 4.69) is 4.98 Å². The zero-order valence-corrected chi connectivity index (χ0v) is 12.4. The highest BCUT2D eigenvalue weighted by Crippen LogP contribution is 2.28. The minimum Gasteiger partial charge on any atom is -0.492 e. The van der Waals surface area contributed by atoms with Crippen LogP contribution in [0.3, 0.4) is 0 Å². The largest absolute Gasteiger partial charge is 0.492 e. The SMILES string of the molecule is CCOc1cncc(C(=O)C(C)(C)c2ccc(F)cc2)c1. The molecule has 0 saturated heterocycles. The molecule has 2 aromatic rings. The molecule has 110 valence electrons. The predicted octanol–water partition coefficient (Wildman–Crippen LogP) is 3.78. The number of rotatable bonds is 5. The first-order chi connectivity index (χ1) is 9.95. The summed E-state index contributed by atoms with van der Waals surface area (Å²) >= 11 is 0. The minimum atomic E-state index is -0.764. The molecule has 0 saturated carbocycles. The van der Waals surface area contributed by atoms with Crippen LogP contribution in [0.15, 0.2) is 42.7 Å². The number of ketones is 1. The van der Waals surface area contributed by atoms with Gasteiger partial charge < -0.3 is 4.74 Å². The van der Waals surface area contributed by atoms with Crippen LogP contribution in [0.5, 0.6) is 5.75 Å². The number of carbonyl (C=O) groups excluding carboxylic acids is 1. The topological polar surface area (TPSA) is 39.2 Å². The Balaban J connectivity index is 2.33. The van der Waals surface area contributed by atoms with E-state index in [0.717, 1.165) is 5.56 Å². The molecular formula is C17H18FNO2. The number of pyridine rings is 1. The zero-order valence-electron chi connectivity index (χ0n) is 12.4. The molecule has 1 heterocycles. The van der Waals surface area contributed by atoms with Crippen LogP contribution in [-0.2, 0) is 5.41 Å². The molecular weight excluding hydrogens is 269 g/mol. The maximum Gasteiger partial charge on any atom is 0.174 e. The number of hydrogen-bond acceptors (Lipinski definition) is 3. The highest BCUT2D eigenvalue weighted by Gasteiger charge is 2.31. The van der Waals surface area contributed by atoms with E-state index in [1.54, 1.807) is 24.4 Å². The second kappa shape index (κ2) is 6.04. The van der Waals surface area contributed by atoms with Crippen molar-refractivity contribution in [1.29, 1.82) is 0 Å². The van der Waals surface area contributed by atoms with Crippen molar-refractivity contribution in [3.8, 4) is 5.75 Å². The van der Waals surface area contributed by atoms with Gasteiger partial charge in [-0.15, -0.1) is 0 Å². The first-order valence-electron chi connectivity index (χ1n) is 6.84. The Morgan fingerprint density at radius 1 is 1.24 bits per heavy atom. The molecule has 21 heavy (non-hydrogen) atoms. The summed E-state index contributed by atoms with van der Waals surface area (Å²) in [5.41, 5.74) is 0.478. The van der Waals surface area contributed by atoms with Crippen molar-refractivity contribution in [2.75, 3.05) is 6.61 Å². The maximum atomic E-state index is 13.0. The molecule has 0 N–H and O–H groups in total. The van der Waals surface area contributed by atoms with E-state index < -0.39 is 5.41 Å². The van der Waals surface area contributed by atoms with E-state index in [9.17, 15) is 9.18 Å². The van der Waals surface area contributed by atoms with Gasteiger partial charge in [0.25, 0.3) is 0 Å². The Labute approximate surface area is 123 Å². The van der Waals surface area contributed by atoms with Crippen LogP contribution in [0.1, 0.15) is 36.7 Å². The van der Waals surface area contributed by atoms with Crippen LogP contribution in [0.2, 0.25) is 0 Å². The third-order valence-corrected chi connectivity index (χ3v) is 3.42. The van der Waals surface area contributed by atoms with Crippen molar-refractivity contribution in [1.82, 2.24) is 4.98 Å². The smallest absolute Gasteiger partial charge is 0.174 e. The highest BCUT2D eigenvalue weighted by atomic mass is 19.1. The summed E-state index contributed by atoms with van der Waals surface area (Å²) in [5.74, 6) is 0.170. The molecule has 0 atom stereocenters. The molecule has 0 aliphatic rings. The first kappa shape index (κ1) is 15.2. The van der Waals surface area contributed by atoms with Gasteiger partial charge in [-0.2, -0.15) is 0 Å². The molecule has 0 amide bonds. The summed E-state index contributed by atoms with van der Waals surface area (Å²) in [4.78, 5) is 16.8. The van der Waals surface area contributed by atoms with Gasteiger partial charge in [-0.3, -0.25) is 9.78 Å². The van der Waals surface area contributed by atoms with Gasteiger partial charge in [0.1, 0.15) is 11.6 Å². The maximum absolute atomic E-state index is 13.0. The van der Waals surface area contributed by atoms with Gasteiger partial charge in [-0.1, -0.05) is 12.1 Å². The molecule has 0 aliphatic heterocycles. The van der Waals surface area contributed by atoms with Crippen LogP contribution in [0.4, 0.5) is 4.39 Å². The molecule has 1 aromatic heterocycles. The number of nitrogens with zero attached hydrogens (tertiary/aromatic N) is 1. The Morgan fingerprint density at radius 2 is 1.90 bits per heavy atom. The minimum absolute atomic E-state index is 0.0804. The normalized spacial score (nSPS) is 11.2. The average Bonchev–Trinajstić information content (AvgIpc) is 2.47. The van der Waals surface area contributed by atoms with E-state index in [4.69, 9.17) is 4.74 Å². The highest BCUT2D eigenvalue weighted by molar-refractivity contribution is 6.03. The van der Waals surface area contributed by atoms with Crippen molar-refractivity contribution in [2.24, 2.45) is 0 Å². The molecule has 0 fully saturated rings. The Morgan fingerprint density at radius 3 is 2.52 bits per heavy atom. The van der Waals surface area contributed by atoms with Gasteiger partial charge in [0.2, 0.25) is 0 Å². The molecule has 0 aliphatic carbocycles. The molecule has 3 nitrogen and oxygen atoms in total. The van der Waals surface area contributed by atoms with Crippen LogP contribution in [-0.4, -0.2) is 17.4 Å². The Bertz CT molecular complexity index is 635. The van der Waals surface area contributed by atoms with E-state index in [-0.39, 0.29) is 11.6 Å². The van der Waals surface area contributed by atoms with Crippen LogP contribution < -0.4 is 4.74 Å². The van der Waals surface area contributed by atoms with Crippen LogP contribution in [0, 0.1) is 5.82 Å². The summed E-state index contributed by atoms with van der Waals surface area (Å²) in [6.07, 6.45) is 3.10. The summed E-state index contributed by atoms with van der Waals surface area (Å²) < 4.78 is 18.4. The van der Waals surface area contributed by atoms with E-state index in [1.165, 1.54) is 18.3 Å². The number of Topliss-reactive ketones (excluding diaryl/α,β-unsaturated/α-hetero) is 1. The molecule has 1 aromatic carbocycles. The molecule has 0 unspecified atom stereocenters. The zero-order chi connectivity index (χ0) is 15.5. The number of benzene rings is 1. The molecule has 0 spiro atoms. The van der Waals surface area contributed by atoms with E-state index in [0.29, 0.717) is 17.9 Å². The lowest BCUT2D eigenvalue weighted by atomic mass is 9.78. The number of aromatic nitrogens is 1. The second-order valence-corrected chi connectivity index (χ2v) is 5.30. The second-order valence-electron chi connectivity index (χ2n) is 5.30. The monoisotopic (exact) mass is 287 g/mol. The van der Waals surface area contributed by atoms with Crippen molar-refractivity contribution in [2.45, 2.75) is 26.2 Å². The fraction of sp³-hybridized carbons (Fsp3) is 0.294. The number of hydrogen-bond donors (Lipinski definition) is 0. The Kier molecular flexibility index (Phi) is 4.36. The summed E-state index contributed by atoms with van der Waals surface area (Å²) in [6.45, 7) is 6.02. The van der Waals surface area contributed by atoms with E-state index in [1.807, 2.05) is 20.8 Å². The third-order valence-electron chi connectivity index (χ3n) is 3.42. The fourth-order valence-corrected chi connectivity index (χ4v) is 2.15. The quantitative estimate of drug-likeness (QED) is 0.786. The lowest BCUT2D eigenvalue weighted by Crippen LogP contribution is -2.29. The number of carbonyl (C=O) groups is 1. The molecule has 0 bridgehead atoms.